The summed E-state index contributed by atoms with van der Waals surface area (Å²) in [7, 11) is 1.60. The lowest BCUT2D eigenvalue weighted by atomic mass is 10.0. The van der Waals surface area contributed by atoms with Gasteiger partial charge >= 0.3 is 6.03 Å². The molecule has 154 valence electrons. The standard InChI is InChI=1S/C22H22N4O4/c1-25(17-5-3-2-4-6-17)22(30)24-20(28)14-7-8-15-12-26(13-16(15)11-14)18-9-10-19(27)23-21(18)29/h2-8,11,18H,9-10,12-13H2,1H3,(H,23,27,29)(H,24,28,30). The Balaban J connectivity index is 1.42. The molecule has 0 radical (unpaired) electrons. The van der Waals surface area contributed by atoms with Crippen molar-refractivity contribution in [2.75, 3.05) is 11.9 Å². The molecule has 0 aromatic heterocycles. The Morgan fingerprint density at radius 2 is 1.80 bits per heavy atom. The van der Waals surface area contributed by atoms with Gasteiger partial charge in [0.2, 0.25) is 11.8 Å². The van der Waals surface area contributed by atoms with Gasteiger partial charge in [0, 0.05) is 37.8 Å². The van der Waals surface area contributed by atoms with E-state index in [-0.39, 0.29) is 17.9 Å². The average Bonchev–Trinajstić information content (AvgIpc) is 3.16. The van der Waals surface area contributed by atoms with Gasteiger partial charge in [-0.3, -0.25) is 34.8 Å². The Morgan fingerprint density at radius 3 is 2.53 bits per heavy atom. The highest BCUT2D eigenvalue weighted by Crippen LogP contribution is 2.28. The summed E-state index contributed by atoms with van der Waals surface area (Å²) in [6, 6.07) is 13.5. The van der Waals surface area contributed by atoms with Gasteiger partial charge < -0.3 is 0 Å². The fourth-order valence-corrected chi connectivity index (χ4v) is 3.84. The van der Waals surface area contributed by atoms with Gasteiger partial charge in [-0.2, -0.15) is 0 Å². The topological polar surface area (TPSA) is 98.8 Å². The maximum atomic E-state index is 12.6. The number of hydrogen-bond acceptors (Lipinski definition) is 5. The van der Waals surface area contributed by atoms with Crippen LogP contribution in [-0.4, -0.2) is 41.7 Å². The molecule has 5 amide bonds. The Kier molecular flexibility index (Phi) is 5.33. The number of hydrogen-bond donors (Lipinski definition) is 2. The third-order valence-corrected chi connectivity index (χ3v) is 5.53. The number of urea groups is 1. The van der Waals surface area contributed by atoms with Crippen LogP contribution in [0.1, 0.15) is 34.3 Å². The Morgan fingerprint density at radius 1 is 1.07 bits per heavy atom. The van der Waals surface area contributed by atoms with Gasteiger partial charge in [-0.25, -0.2) is 4.79 Å². The van der Waals surface area contributed by atoms with Gasteiger partial charge in [0.15, 0.2) is 0 Å². The molecule has 0 saturated carbocycles. The summed E-state index contributed by atoms with van der Waals surface area (Å²) < 4.78 is 0. The molecular formula is C22H22N4O4. The summed E-state index contributed by atoms with van der Waals surface area (Å²) >= 11 is 0. The zero-order valence-corrected chi connectivity index (χ0v) is 16.6. The molecule has 1 fully saturated rings. The van der Waals surface area contributed by atoms with Crippen LogP contribution in [0.5, 0.6) is 0 Å². The van der Waals surface area contributed by atoms with Crippen LogP contribution < -0.4 is 15.5 Å². The lowest BCUT2D eigenvalue weighted by molar-refractivity contribution is -0.137. The number of carbonyl (C=O) groups is 4. The highest BCUT2D eigenvalue weighted by molar-refractivity contribution is 6.08. The van der Waals surface area contributed by atoms with Crippen LogP contribution in [0.2, 0.25) is 0 Å². The van der Waals surface area contributed by atoms with E-state index in [2.05, 4.69) is 10.6 Å². The number of imide groups is 2. The molecule has 0 aliphatic carbocycles. The summed E-state index contributed by atoms with van der Waals surface area (Å²) in [6.45, 7) is 1.10. The highest BCUT2D eigenvalue weighted by atomic mass is 16.2. The van der Waals surface area contributed by atoms with E-state index in [1.165, 1.54) is 4.90 Å². The fraction of sp³-hybridized carbons (Fsp3) is 0.273. The van der Waals surface area contributed by atoms with Crippen molar-refractivity contribution in [3.63, 3.8) is 0 Å². The van der Waals surface area contributed by atoms with Crippen LogP contribution >= 0.6 is 0 Å². The maximum Gasteiger partial charge on any atom is 0.328 e. The monoisotopic (exact) mass is 406 g/mol. The van der Waals surface area contributed by atoms with E-state index in [9.17, 15) is 19.2 Å². The van der Waals surface area contributed by atoms with Gasteiger partial charge in [-0.1, -0.05) is 24.3 Å². The number of rotatable bonds is 3. The molecule has 30 heavy (non-hydrogen) atoms. The number of benzene rings is 2. The lowest BCUT2D eigenvalue weighted by Crippen LogP contribution is -2.50. The molecule has 8 nitrogen and oxygen atoms in total. The minimum atomic E-state index is -0.517. The minimum absolute atomic E-state index is 0.239. The summed E-state index contributed by atoms with van der Waals surface area (Å²) in [4.78, 5) is 51.9. The molecule has 1 unspecified atom stereocenters. The number of fused-ring (bicyclic) bond motifs is 1. The molecule has 2 N–H and O–H groups in total. The third kappa shape index (κ3) is 3.95. The molecule has 1 atom stereocenters. The molecule has 4 rings (SSSR count). The lowest BCUT2D eigenvalue weighted by Gasteiger charge is -2.29. The van der Waals surface area contributed by atoms with Crippen molar-refractivity contribution in [2.24, 2.45) is 0 Å². The smallest absolute Gasteiger partial charge is 0.297 e. The molecule has 8 heteroatoms. The van der Waals surface area contributed by atoms with E-state index in [4.69, 9.17) is 0 Å². The van der Waals surface area contributed by atoms with Crippen LogP contribution in [-0.2, 0) is 22.7 Å². The van der Waals surface area contributed by atoms with E-state index < -0.39 is 11.9 Å². The van der Waals surface area contributed by atoms with E-state index in [0.29, 0.717) is 37.2 Å². The third-order valence-electron chi connectivity index (χ3n) is 5.53. The Hall–Kier alpha value is -3.52. The first-order chi connectivity index (χ1) is 14.4. The van der Waals surface area contributed by atoms with E-state index >= 15 is 0 Å². The predicted molar refractivity (Wildman–Crippen MR) is 110 cm³/mol. The molecule has 0 spiro atoms. The number of para-hydroxylation sites is 1. The Bertz CT molecular complexity index is 1020. The van der Waals surface area contributed by atoms with Crippen LogP contribution in [0.15, 0.2) is 48.5 Å². The quantitative estimate of drug-likeness (QED) is 0.758. The zero-order valence-electron chi connectivity index (χ0n) is 16.6. The van der Waals surface area contributed by atoms with Crippen molar-refractivity contribution in [3.05, 3.63) is 65.2 Å². The number of carbonyl (C=O) groups excluding carboxylic acids is 4. The van der Waals surface area contributed by atoms with E-state index in [1.54, 1.807) is 31.3 Å². The van der Waals surface area contributed by atoms with Crippen LogP contribution in [0.25, 0.3) is 0 Å². The Labute approximate surface area is 173 Å². The molecule has 2 aliphatic heterocycles. The summed E-state index contributed by atoms with van der Waals surface area (Å²) in [5.74, 6) is -0.992. The van der Waals surface area contributed by atoms with Gasteiger partial charge in [0.25, 0.3) is 5.91 Å². The average molecular weight is 406 g/mol. The van der Waals surface area contributed by atoms with Crippen molar-refractivity contribution in [3.8, 4) is 0 Å². The highest BCUT2D eigenvalue weighted by Gasteiger charge is 2.34. The first-order valence-corrected chi connectivity index (χ1v) is 9.76. The van der Waals surface area contributed by atoms with E-state index in [0.717, 1.165) is 11.1 Å². The van der Waals surface area contributed by atoms with Gasteiger partial charge in [-0.15, -0.1) is 0 Å². The SMILES string of the molecule is CN(C(=O)NC(=O)c1ccc2c(c1)CN(C1CCC(=O)NC1=O)C2)c1ccccc1. The number of piperidine rings is 1. The van der Waals surface area contributed by atoms with Crippen molar-refractivity contribution in [2.45, 2.75) is 32.0 Å². The first-order valence-electron chi connectivity index (χ1n) is 9.76. The molecule has 2 heterocycles. The van der Waals surface area contributed by atoms with Crippen molar-refractivity contribution < 1.29 is 19.2 Å². The van der Waals surface area contributed by atoms with Gasteiger partial charge in [0.1, 0.15) is 0 Å². The summed E-state index contributed by atoms with van der Waals surface area (Å²) in [6.07, 6.45) is 0.820. The van der Waals surface area contributed by atoms with Gasteiger partial charge in [0.05, 0.1) is 6.04 Å². The fourth-order valence-electron chi connectivity index (χ4n) is 3.84. The first kappa shape index (κ1) is 19.8. The zero-order chi connectivity index (χ0) is 21.3. The second-order valence-electron chi connectivity index (χ2n) is 7.51. The number of anilines is 1. The summed E-state index contributed by atoms with van der Waals surface area (Å²) in [5.41, 5.74) is 3.03. The maximum absolute atomic E-state index is 12.6. The molecule has 2 aromatic carbocycles. The summed E-state index contributed by atoms with van der Waals surface area (Å²) in [5, 5.41) is 4.79. The number of nitrogens with one attached hydrogen (secondary N) is 2. The van der Waals surface area contributed by atoms with Crippen molar-refractivity contribution >= 4 is 29.4 Å². The van der Waals surface area contributed by atoms with Crippen LogP contribution in [0, 0.1) is 0 Å². The number of nitrogens with zero attached hydrogens (tertiary/aromatic N) is 2. The molecule has 2 aliphatic rings. The number of amides is 5. The molecule has 0 bridgehead atoms. The predicted octanol–water partition coefficient (Wildman–Crippen LogP) is 1.79. The van der Waals surface area contributed by atoms with Crippen molar-refractivity contribution in [1.82, 2.24) is 15.5 Å². The second-order valence-corrected chi connectivity index (χ2v) is 7.51. The van der Waals surface area contributed by atoms with Gasteiger partial charge in [-0.05, 0) is 41.8 Å². The molecule has 2 aromatic rings. The minimum Gasteiger partial charge on any atom is -0.297 e. The van der Waals surface area contributed by atoms with Crippen molar-refractivity contribution in [1.29, 1.82) is 0 Å². The second kappa shape index (κ2) is 8.08. The van der Waals surface area contributed by atoms with E-state index in [1.807, 2.05) is 29.2 Å². The van der Waals surface area contributed by atoms with Crippen LogP contribution in [0.4, 0.5) is 10.5 Å². The molecule has 1 saturated heterocycles. The normalized spacial score (nSPS) is 18.5. The molecular weight excluding hydrogens is 384 g/mol. The largest absolute Gasteiger partial charge is 0.328 e. The van der Waals surface area contributed by atoms with Crippen LogP contribution in [0.3, 0.4) is 0 Å².